The maximum Gasteiger partial charge on any atom is 0.0991 e. The zero-order chi connectivity index (χ0) is 13.8. The van der Waals surface area contributed by atoms with Crippen LogP contribution in [0.1, 0.15) is 28.4 Å². The first-order valence-electron chi connectivity index (χ1n) is 6.03. The molecule has 1 atom stereocenters. The Bertz CT molecular complexity index is 631. The van der Waals surface area contributed by atoms with E-state index in [0.29, 0.717) is 17.0 Å². The van der Waals surface area contributed by atoms with Gasteiger partial charge < -0.3 is 5.11 Å². The van der Waals surface area contributed by atoms with E-state index in [-0.39, 0.29) is 0 Å². The molecule has 0 aromatic heterocycles. The summed E-state index contributed by atoms with van der Waals surface area (Å²) in [5, 5.41) is 19.7. The number of rotatable bonds is 3. The number of nitriles is 1. The van der Waals surface area contributed by atoms with Gasteiger partial charge in [0, 0.05) is 11.4 Å². The largest absolute Gasteiger partial charge is 0.388 e. The van der Waals surface area contributed by atoms with Crippen LogP contribution in [0.15, 0.2) is 42.5 Å². The SMILES string of the molecule is Cc1ccc(CC(O)c2cccc(C#N)c2)c(Cl)c1. The van der Waals surface area contributed by atoms with Crippen LogP contribution in [-0.4, -0.2) is 5.11 Å². The highest BCUT2D eigenvalue weighted by molar-refractivity contribution is 6.31. The topological polar surface area (TPSA) is 44.0 Å². The summed E-state index contributed by atoms with van der Waals surface area (Å²) in [5.74, 6) is 0. The van der Waals surface area contributed by atoms with Crippen molar-refractivity contribution in [2.45, 2.75) is 19.4 Å². The summed E-state index contributed by atoms with van der Waals surface area (Å²) in [6, 6.07) is 14.9. The van der Waals surface area contributed by atoms with E-state index >= 15 is 0 Å². The third-order valence-electron chi connectivity index (χ3n) is 3.02. The van der Waals surface area contributed by atoms with Crippen LogP contribution in [0.3, 0.4) is 0 Å². The van der Waals surface area contributed by atoms with Crippen LogP contribution >= 0.6 is 11.6 Å². The number of aryl methyl sites for hydroxylation is 1. The fraction of sp³-hybridized carbons (Fsp3) is 0.188. The van der Waals surface area contributed by atoms with Crippen molar-refractivity contribution in [3.05, 3.63) is 69.7 Å². The van der Waals surface area contributed by atoms with Crippen molar-refractivity contribution in [3.8, 4) is 6.07 Å². The molecule has 19 heavy (non-hydrogen) atoms. The molecule has 0 bridgehead atoms. The first kappa shape index (κ1) is 13.6. The first-order valence-corrected chi connectivity index (χ1v) is 6.41. The number of hydrogen-bond acceptors (Lipinski definition) is 2. The number of aliphatic hydroxyl groups is 1. The summed E-state index contributed by atoms with van der Waals surface area (Å²) in [7, 11) is 0. The molecular formula is C16H14ClNO. The van der Waals surface area contributed by atoms with E-state index in [9.17, 15) is 5.11 Å². The predicted molar refractivity (Wildman–Crippen MR) is 76.0 cm³/mol. The van der Waals surface area contributed by atoms with Crippen molar-refractivity contribution in [3.63, 3.8) is 0 Å². The Morgan fingerprint density at radius 1 is 1.26 bits per heavy atom. The number of halogens is 1. The van der Waals surface area contributed by atoms with Crippen molar-refractivity contribution < 1.29 is 5.11 Å². The monoisotopic (exact) mass is 271 g/mol. The molecule has 2 aromatic rings. The molecule has 0 amide bonds. The van der Waals surface area contributed by atoms with Crippen molar-refractivity contribution in [2.75, 3.05) is 0 Å². The molecule has 0 fully saturated rings. The summed E-state index contributed by atoms with van der Waals surface area (Å²) in [6.07, 6.45) is -0.220. The lowest BCUT2D eigenvalue weighted by Crippen LogP contribution is -2.02. The molecule has 2 nitrogen and oxygen atoms in total. The van der Waals surface area contributed by atoms with Crippen LogP contribution in [0, 0.1) is 18.3 Å². The van der Waals surface area contributed by atoms with E-state index in [2.05, 4.69) is 6.07 Å². The van der Waals surface area contributed by atoms with Gasteiger partial charge in [-0.15, -0.1) is 0 Å². The van der Waals surface area contributed by atoms with Gasteiger partial charge in [0.25, 0.3) is 0 Å². The summed E-state index contributed by atoms with van der Waals surface area (Å²) < 4.78 is 0. The smallest absolute Gasteiger partial charge is 0.0991 e. The van der Waals surface area contributed by atoms with E-state index in [0.717, 1.165) is 16.7 Å². The van der Waals surface area contributed by atoms with E-state index in [1.54, 1.807) is 18.2 Å². The fourth-order valence-corrected chi connectivity index (χ4v) is 2.27. The molecule has 96 valence electrons. The maximum atomic E-state index is 10.2. The number of benzene rings is 2. The van der Waals surface area contributed by atoms with Gasteiger partial charge in [0.15, 0.2) is 0 Å². The molecule has 0 spiro atoms. The van der Waals surface area contributed by atoms with Crippen molar-refractivity contribution in [1.29, 1.82) is 5.26 Å². The van der Waals surface area contributed by atoms with Gasteiger partial charge in [0.1, 0.15) is 0 Å². The molecule has 0 saturated heterocycles. The summed E-state index contributed by atoms with van der Waals surface area (Å²) in [5.41, 5.74) is 3.28. The van der Waals surface area contributed by atoms with Gasteiger partial charge >= 0.3 is 0 Å². The molecule has 2 rings (SSSR count). The Hall–Kier alpha value is -1.82. The van der Waals surface area contributed by atoms with Gasteiger partial charge in [-0.05, 0) is 41.8 Å². The van der Waals surface area contributed by atoms with Crippen molar-refractivity contribution in [1.82, 2.24) is 0 Å². The lowest BCUT2D eigenvalue weighted by atomic mass is 9.99. The molecule has 0 aliphatic rings. The average Bonchev–Trinajstić information content (AvgIpc) is 2.42. The Morgan fingerprint density at radius 2 is 2.05 bits per heavy atom. The number of hydrogen-bond donors (Lipinski definition) is 1. The third kappa shape index (κ3) is 3.35. The van der Waals surface area contributed by atoms with Crippen LogP contribution in [0.4, 0.5) is 0 Å². The Labute approximate surface area is 117 Å². The zero-order valence-electron chi connectivity index (χ0n) is 10.6. The van der Waals surface area contributed by atoms with Gasteiger partial charge in [0.2, 0.25) is 0 Å². The van der Waals surface area contributed by atoms with Crippen LogP contribution in [0.25, 0.3) is 0 Å². The lowest BCUT2D eigenvalue weighted by molar-refractivity contribution is 0.178. The van der Waals surface area contributed by atoms with Crippen LogP contribution in [0.2, 0.25) is 5.02 Å². The lowest BCUT2D eigenvalue weighted by Gasteiger charge is -2.13. The second-order valence-electron chi connectivity index (χ2n) is 4.55. The van der Waals surface area contributed by atoms with Crippen LogP contribution in [-0.2, 0) is 6.42 Å². The zero-order valence-corrected chi connectivity index (χ0v) is 11.4. The second kappa shape index (κ2) is 5.88. The van der Waals surface area contributed by atoms with Gasteiger partial charge in [0.05, 0.1) is 17.7 Å². The van der Waals surface area contributed by atoms with Gasteiger partial charge in [-0.25, -0.2) is 0 Å². The molecular weight excluding hydrogens is 258 g/mol. The van der Waals surface area contributed by atoms with Gasteiger partial charge in [-0.1, -0.05) is 35.9 Å². The minimum Gasteiger partial charge on any atom is -0.388 e. The minimum atomic E-state index is -0.659. The Balaban J connectivity index is 2.20. The quantitative estimate of drug-likeness (QED) is 0.923. The normalized spacial score (nSPS) is 11.9. The maximum absolute atomic E-state index is 10.2. The van der Waals surface area contributed by atoms with Crippen LogP contribution < -0.4 is 0 Å². The number of nitrogens with zero attached hydrogens (tertiary/aromatic N) is 1. The highest BCUT2D eigenvalue weighted by atomic mass is 35.5. The molecule has 0 aliphatic carbocycles. The van der Waals surface area contributed by atoms with Gasteiger partial charge in [-0.3, -0.25) is 0 Å². The molecule has 0 saturated carbocycles. The van der Waals surface area contributed by atoms with Crippen LogP contribution in [0.5, 0.6) is 0 Å². The standard InChI is InChI=1S/C16H14ClNO/c1-11-5-6-13(15(17)7-11)9-16(19)14-4-2-3-12(8-14)10-18/h2-8,16,19H,9H2,1H3. The highest BCUT2D eigenvalue weighted by Crippen LogP contribution is 2.24. The molecule has 1 N–H and O–H groups in total. The third-order valence-corrected chi connectivity index (χ3v) is 3.37. The average molecular weight is 272 g/mol. The summed E-state index contributed by atoms with van der Waals surface area (Å²) in [6.45, 7) is 1.97. The van der Waals surface area contributed by atoms with Crippen molar-refractivity contribution in [2.24, 2.45) is 0 Å². The first-order chi connectivity index (χ1) is 9.10. The molecule has 0 radical (unpaired) electrons. The van der Waals surface area contributed by atoms with E-state index in [1.165, 1.54) is 0 Å². The molecule has 3 heteroatoms. The molecule has 0 heterocycles. The van der Waals surface area contributed by atoms with Crippen molar-refractivity contribution >= 4 is 11.6 Å². The predicted octanol–water partition coefficient (Wildman–Crippen LogP) is 3.80. The number of aliphatic hydroxyl groups excluding tert-OH is 1. The van der Waals surface area contributed by atoms with E-state index in [1.807, 2.05) is 31.2 Å². The molecule has 2 aromatic carbocycles. The minimum absolute atomic E-state index is 0.438. The fourth-order valence-electron chi connectivity index (χ4n) is 1.96. The van der Waals surface area contributed by atoms with Gasteiger partial charge in [-0.2, -0.15) is 5.26 Å². The Kier molecular flexibility index (Phi) is 4.21. The Morgan fingerprint density at radius 3 is 2.74 bits per heavy atom. The van der Waals surface area contributed by atoms with E-state index in [4.69, 9.17) is 16.9 Å². The van der Waals surface area contributed by atoms with E-state index < -0.39 is 6.10 Å². The molecule has 0 aliphatic heterocycles. The molecule has 1 unspecified atom stereocenters. The summed E-state index contributed by atoms with van der Waals surface area (Å²) in [4.78, 5) is 0. The highest BCUT2D eigenvalue weighted by Gasteiger charge is 2.11. The summed E-state index contributed by atoms with van der Waals surface area (Å²) >= 11 is 6.16. The second-order valence-corrected chi connectivity index (χ2v) is 4.96.